The molecule has 0 fully saturated rings. The highest BCUT2D eigenvalue weighted by molar-refractivity contribution is 7.17. The molecule has 0 aliphatic heterocycles. The summed E-state index contributed by atoms with van der Waals surface area (Å²) >= 11 is 6.72. The lowest BCUT2D eigenvalue weighted by Gasteiger charge is -2.03. The molecule has 0 unspecified atom stereocenters. The number of anilines is 2. The second-order valence-corrected chi connectivity index (χ2v) is 4.63. The number of rotatable bonds is 3. The van der Waals surface area contributed by atoms with Crippen molar-refractivity contribution in [2.75, 3.05) is 17.7 Å². The van der Waals surface area contributed by atoms with Gasteiger partial charge in [-0.15, -0.1) is 10.2 Å². The predicted octanol–water partition coefficient (Wildman–Crippen LogP) is 2.62. The molecule has 1 aromatic carbocycles. The molecule has 18 heavy (non-hydrogen) atoms. The molecule has 0 atom stereocenters. The number of hydrogen-bond acceptors (Lipinski definition) is 5. The van der Waals surface area contributed by atoms with Crippen molar-refractivity contribution in [2.24, 2.45) is 0 Å². The lowest BCUT2D eigenvalue weighted by atomic mass is 10.3. The van der Waals surface area contributed by atoms with Gasteiger partial charge in [0.2, 0.25) is 10.1 Å². The van der Waals surface area contributed by atoms with Gasteiger partial charge in [-0.25, -0.2) is 4.39 Å². The lowest BCUT2D eigenvalue weighted by Crippen LogP contribution is -2.11. The van der Waals surface area contributed by atoms with Crippen LogP contribution in [0.2, 0.25) is 5.02 Å². The van der Waals surface area contributed by atoms with E-state index < -0.39 is 11.7 Å². The van der Waals surface area contributed by atoms with Gasteiger partial charge in [-0.2, -0.15) is 0 Å². The monoisotopic (exact) mass is 286 g/mol. The van der Waals surface area contributed by atoms with Crippen molar-refractivity contribution in [3.05, 3.63) is 34.0 Å². The SMILES string of the molecule is CNc1nnc(C(=O)Nc2ccc(F)c(Cl)c2)s1. The molecule has 2 aromatic rings. The molecule has 1 amide bonds. The molecule has 2 N–H and O–H groups in total. The Morgan fingerprint density at radius 1 is 1.44 bits per heavy atom. The lowest BCUT2D eigenvalue weighted by molar-refractivity contribution is 0.102. The maximum absolute atomic E-state index is 12.9. The highest BCUT2D eigenvalue weighted by atomic mass is 35.5. The van der Waals surface area contributed by atoms with Crippen LogP contribution in [0.1, 0.15) is 9.80 Å². The highest BCUT2D eigenvalue weighted by Gasteiger charge is 2.13. The summed E-state index contributed by atoms with van der Waals surface area (Å²) in [6.45, 7) is 0. The molecule has 0 aliphatic rings. The summed E-state index contributed by atoms with van der Waals surface area (Å²) in [7, 11) is 1.68. The highest BCUT2D eigenvalue weighted by Crippen LogP contribution is 2.21. The number of carbonyl (C=O) groups is 1. The average Bonchev–Trinajstić information content (AvgIpc) is 2.82. The molecule has 1 aromatic heterocycles. The van der Waals surface area contributed by atoms with Gasteiger partial charge in [0.25, 0.3) is 5.91 Å². The zero-order valence-corrected chi connectivity index (χ0v) is 10.8. The Morgan fingerprint density at radius 2 is 2.22 bits per heavy atom. The maximum Gasteiger partial charge on any atom is 0.286 e. The van der Waals surface area contributed by atoms with Crippen molar-refractivity contribution < 1.29 is 9.18 Å². The summed E-state index contributed by atoms with van der Waals surface area (Å²) in [6.07, 6.45) is 0. The summed E-state index contributed by atoms with van der Waals surface area (Å²) < 4.78 is 12.9. The summed E-state index contributed by atoms with van der Waals surface area (Å²) in [4.78, 5) is 11.8. The quantitative estimate of drug-likeness (QED) is 0.910. The number of hydrogen-bond donors (Lipinski definition) is 2. The number of carbonyl (C=O) groups excluding carboxylic acids is 1. The minimum absolute atomic E-state index is 0.0547. The topological polar surface area (TPSA) is 66.9 Å². The molecule has 2 rings (SSSR count). The third kappa shape index (κ3) is 2.74. The van der Waals surface area contributed by atoms with Crippen molar-refractivity contribution in [2.45, 2.75) is 0 Å². The van der Waals surface area contributed by atoms with Crippen LogP contribution in [-0.4, -0.2) is 23.2 Å². The average molecular weight is 287 g/mol. The normalized spacial score (nSPS) is 10.2. The summed E-state index contributed by atoms with van der Waals surface area (Å²) in [5.41, 5.74) is 0.396. The first-order chi connectivity index (χ1) is 8.60. The maximum atomic E-state index is 12.9. The van der Waals surface area contributed by atoms with E-state index in [0.29, 0.717) is 10.8 Å². The molecular formula is C10H8ClFN4OS. The molecule has 0 saturated heterocycles. The van der Waals surface area contributed by atoms with E-state index in [9.17, 15) is 9.18 Å². The van der Waals surface area contributed by atoms with Crippen molar-refractivity contribution in [1.29, 1.82) is 0 Å². The van der Waals surface area contributed by atoms with Crippen LogP contribution >= 0.6 is 22.9 Å². The largest absolute Gasteiger partial charge is 0.363 e. The first-order valence-corrected chi connectivity index (χ1v) is 6.07. The van der Waals surface area contributed by atoms with Crippen LogP contribution in [-0.2, 0) is 0 Å². The van der Waals surface area contributed by atoms with Crippen LogP contribution in [0, 0.1) is 5.82 Å². The van der Waals surface area contributed by atoms with Crippen molar-refractivity contribution in [1.82, 2.24) is 10.2 Å². The van der Waals surface area contributed by atoms with Gasteiger partial charge in [0.05, 0.1) is 5.02 Å². The Labute approximate surface area is 111 Å². The fourth-order valence-electron chi connectivity index (χ4n) is 1.17. The Bertz CT molecular complexity index is 589. The van der Waals surface area contributed by atoms with E-state index in [4.69, 9.17) is 11.6 Å². The van der Waals surface area contributed by atoms with Gasteiger partial charge in [-0.3, -0.25) is 4.79 Å². The molecule has 0 aliphatic carbocycles. The molecule has 5 nitrogen and oxygen atoms in total. The summed E-state index contributed by atoms with van der Waals surface area (Å²) in [5.74, 6) is -0.959. The van der Waals surface area contributed by atoms with Crippen molar-refractivity contribution in [3.63, 3.8) is 0 Å². The molecule has 0 spiro atoms. The van der Waals surface area contributed by atoms with Crippen LogP contribution in [0.4, 0.5) is 15.2 Å². The van der Waals surface area contributed by atoms with Gasteiger partial charge in [0.15, 0.2) is 0 Å². The van der Waals surface area contributed by atoms with Crippen molar-refractivity contribution >= 4 is 39.7 Å². The fraction of sp³-hybridized carbons (Fsp3) is 0.100. The second-order valence-electron chi connectivity index (χ2n) is 3.25. The van der Waals surface area contributed by atoms with Gasteiger partial charge in [-0.1, -0.05) is 22.9 Å². The zero-order valence-electron chi connectivity index (χ0n) is 9.20. The van der Waals surface area contributed by atoms with E-state index in [1.54, 1.807) is 7.05 Å². The third-order valence-electron chi connectivity index (χ3n) is 2.01. The smallest absolute Gasteiger partial charge is 0.286 e. The molecular weight excluding hydrogens is 279 g/mol. The summed E-state index contributed by atoms with van der Waals surface area (Å²) in [6, 6.07) is 3.92. The second kappa shape index (κ2) is 5.28. The standard InChI is InChI=1S/C10H8ClFN4OS/c1-13-10-16-15-9(18-10)8(17)14-5-2-3-7(12)6(11)4-5/h2-4H,1H3,(H,13,16)(H,14,17). The van der Waals surface area contributed by atoms with E-state index in [0.717, 1.165) is 11.3 Å². The molecule has 0 saturated carbocycles. The molecule has 1 heterocycles. The Morgan fingerprint density at radius 3 is 2.83 bits per heavy atom. The Balaban J connectivity index is 2.13. The molecule has 94 valence electrons. The Kier molecular flexibility index (Phi) is 3.73. The number of nitrogens with zero attached hydrogens (tertiary/aromatic N) is 2. The molecule has 0 bridgehead atoms. The first-order valence-electron chi connectivity index (χ1n) is 4.88. The van der Waals surface area contributed by atoms with Crippen LogP contribution in [0.5, 0.6) is 0 Å². The molecule has 0 radical (unpaired) electrons. The number of aromatic nitrogens is 2. The number of benzene rings is 1. The summed E-state index contributed by atoms with van der Waals surface area (Å²) in [5, 5.41) is 13.5. The van der Waals surface area contributed by atoms with E-state index in [-0.39, 0.29) is 10.0 Å². The van der Waals surface area contributed by atoms with Crippen LogP contribution in [0.3, 0.4) is 0 Å². The zero-order chi connectivity index (χ0) is 13.1. The number of nitrogens with one attached hydrogen (secondary N) is 2. The van der Waals surface area contributed by atoms with Gasteiger partial charge < -0.3 is 10.6 Å². The predicted molar refractivity (Wildman–Crippen MR) is 68.8 cm³/mol. The minimum Gasteiger partial charge on any atom is -0.363 e. The van der Waals surface area contributed by atoms with Crippen LogP contribution < -0.4 is 10.6 Å². The fourth-order valence-corrected chi connectivity index (χ4v) is 1.95. The minimum atomic E-state index is -0.539. The van der Waals surface area contributed by atoms with E-state index in [2.05, 4.69) is 20.8 Å². The van der Waals surface area contributed by atoms with E-state index in [1.807, 2.05) is 0 Å². The number of halogens is 2. The van der Waals surface area contributed by atoms with Gasteiger partial charge in [0.1, 0.15) is 5.82 Å². The van der Waals surface area contributed by atoms with E-state index >= 15 is 0 Å². The van der Waals surface area contributed by atoms with Gasteiger partial charge >= 0.3 is 0 Å². The molecule has 8 heteroatoms. The van der Waals surface area contributed by atoms with Gasteiger partial charge in [-0.05, 0) is 18.2 Å². The number of amides is 1. The Hall–Kier alpha value is -1.73. The third-order valence-corrected chi connectivity index (χ3v) is 3.24. The van der Waals surface area contributed by atoms with Crippen molar-refractivity contribution in [3.8, 4) is 0 Å². The van der Waals surface area contributed by atoms with Gasteiger partial charge in [0, 0.05) is 12.7 Å². The van der Waals surface area contributed by atoms with Crippen LogP contribution in [0.15, 0.2) is 18.2 Å². The van der Waals surface area contributed by atoms with Crippen LogP contribution in [0.25, 0.3) is 0 Å². The van der Waals surface area contributed by atoms with E-state index in [1.165, 1.54) is 18.2 Å². The first kappa shape index (κ1) is 12.7.